The maximum absolute atomic E-state index is 13.3. The minimum Gasteiger partial charge on any atom is -0.454 e. The summed E-state index contributed by atoms with van der Waals surface area (Å²) < 4.78 is 29.7. The molecule has 2 aliphatic rings. The molecular formula is C47H88O12. The molecule has 0 radical (unpaired) electrons. The summed E-state index contributed by atoms with van der Waals surface area (Å²) in [5, 5.41) is 62.7. The molecule has 0 saturated carbocycles. The first-order valence-electron chi connectivity index (χ1n) is 23.9. The van der Waals surface area contributed by atoms with Crippen molar-refractivity contribution in [2.24, 2.45) is 11.8 Å². The smallest absolute Gasteiger partial charge is 0.306 e. The molecule has 0 bridgehead atoms. The highest BCUT2D eigenvalue weighted by atomic mass is 16.8. The standard InChI is InChI=1S/C47H88O12/c1-5-7-9-11-13-15-17-18-20-22-24-26-28-30-39(50)58-45-44(55-34-36(4)31-35(3)29-27-25-23-21-19-16-14-12-10-8-6-2)41(52)38(33-49)57-47(45)59-46-43(54)42(53)40(51)37(32-48)56-46/h6,35-38,40-49,51-54H,2,5,7-34H2,1,3-4H3/t35-,36-,37?,38?,40+,41+,42+,43?,44?,45-,46+,47+/m0/s1. The zero-order valence-corrected chi connectivity index (χ0v) is 37.4. The van der Waals surface area contributed by atoms with Gasteiger partial charge in [0.15, 0.2) is 12.4 Å². The van der Waals surface area contributed by atoms with Gasteiger partial charge in [-0.1, -0.05) is 162 Å². The number of carbonyl (C=O) groups excluding carboxylic acids is 1. The maximum atomic E-state index is 13.3. The zero-order valence-electron chi connectivity index (χ0n) is 37.4. The molecule has 2 saturated heterocycles. The molecule has 2 rings (SSSR count). The van der Waals surface area contributed by atoms with Crippen molar-refractivity contribution in [3.05, 3.63) is 12.7 Å². The molecule has 0 aromatic carbocycles. The summed E-state index contributed by atoms with van der Waals surface area (Å²) in [7, 11) is 0. The van der Waals surface area contributed by atoms with Crippen LogP contribution in [0.15, 0.2) is 12.7 Å². The molecule has 6 N–H and O–H groups in total. The Morgan fingerprint density at radius 2 is 1.10 bits per heavy atom. The minimum atomic E-state index is -1.74. The van der Waals surface area contributed by atoms with Crippen LogP contribution in [0.3, 0.4) is 0 Å². The number of aliphatic hydroxyl groups excluding tert-OH is 6. The normalized spacial score (nSPS) is 28.4. The Kier molecular flexibility index (Phi) is 30.5. The lowest BCUT2D eigenvalue weighted by Crippen LogP contribution is -2.65. The highest BCUT2D eigenvalue weighted by molar-refractivity contribution is 5.69. The number of hydrogen-bond donors (Lipinski definition) is 6. The van der Waals surface area contributed by atoms with Crippen molar-refractivity contribution in [3.63, 3.8) is 0 Å². The van der Waals surface area contributed by atoms with Crippen molar-refractivity contribution in [1.29, 1.82) is 0 Å². The van der Waals surface area contributed by atoms with E-state index in [1.807, 2.05) is 6.08 Å². The van der Waals surface area contributed by atoms with Gasteiger partial charge < -0.3 is 54.3 Å². The number of hydrogen-bond acceptors (Lipinski definition) is 12. The van der Waals surface area contributed by atoms with Gasteiger partial charge in [-0.05, 0) is 37.5 Å². The molecule has 2 fully saturated rings. The molecule has 4 unspecified atom stereocenters. The second kappa shape index (κ2) is 33.4. The van der Waals surface area contributed by atoms with Crippen LogP contribution in [0.1, 0.15) is 188 Å². The van der Waals surface area contributed by atoms with E-state index >= 15 is 0 Å². The fraction of sp³-hybridized carbons (Fsp3) is 0.936. The van der Waals surface area contributed by atoms with E-state index in [1.54, 1.807) is 0 Å². The zero-order chi connectivity index (χ0) is 43.3. The third-order valence-electron chi connectivity index (χ3n) is 12.2. The van der Waals surface area contributed by atoms with E-state index in [9.17, 15) is 35.4 Å². The Hall–Kier alpha value is -1.19. The van der Waals surface area contributed by atoms with Gasteiger partial charge in [-0.15, -0.1) is 6.58 Å². The topological polar surface area (TPSA) is 185 Å². The van der Waals surface area contributed by atoms with E-state index in [2.05, 4.69) is 27.4 Å². The third kappa shape index (κ3) is 22.1. The fourth-order valence-electron chi connectivity index (χ4n) is 8.44. The van der Waals surface area contributed by atoms with Crippen molar-refractivity contribution in [1.82, 2.24) is 0 Å². The van der Waals surface area contributed by atoms with Crippen LogP contribution in [0, 0.1) is 11.8 Å². The lowest BCUT2D eigenvalue weighted by Gasteiger charge is -2.46. The quantitative estimate of drug-likeness (QED) is 0.0205. The van der Waals surface area contributed by atoms with E-state index in [-0.39, 0.29) is 18.9 Å². The summed E-state index contributed by atoms with van der Waals surface area (Å²) in [6, 6.07) is 0. The summed E-state index contributed by atoms with van der Waals surface area (Å²) in [5.74, 6) is 0.0534. The number of esters is 1. The Bertz CT molecular complexity index is 1030. The van der Waals surface area contributed by atoms with Gasteiger partial charge in [0.2, 0.25) is 6.29 Å². The first kappa shape index (κ1) is 53.9. The van der Waals surface area contributed by atoms with Gasteiger partial charge in [0.1, 0.15) is 42.7 Å². The monoisotopic (exact) mass is 845 g/mol. The van der Waals surface area contributed by atoms with E-state index < -0.39 is 80.6 Å². The van der Waals surface area contributed by atoms with E-state index in [0.717, 1.165) is 38.5 Å². The predicted octanol–water partition coefficient (Wildman–Crippen LogP) is 7.80. The molecule has 0 amide bonds. The molecule has 0 spiro atoms. The van der Waals surface area contributed by atoms with Gasteiger partial charge in [0.25, 0.3) is 0 Å². The Morgan fingerprint density at radius 3 is 1.64 bits per heavy atom. The van der Waals surface area contributed by atoms with E-state index in [0.29, 0.717) is 12.3 Å². The van der Waals surface area contributed by atoms with Crippen LogP contribution in [0.5, 0.6) is 0 Å². The number of aliphatic hydroxyl groups is 6. The SMILES string of the molecule is C=CCCCCCCCCCCC[C@H](C)C[C@H](C)COC1[C@H](O)C(CO)O[C@H](O[C@H]2OC(CO)[C@@H](O)[C@@H](O)C2O)[C@H]1OC(=O)CCCCCCCCCCCCCCC. The Labute approximate surface area is 357 Å². The van der Waals surface area contributed by atoms with E-state index in [1.165, 1.54) is 116 Å². The molecule has 0 aliphatic carbocycles. The average Bonchev–Trinajstić information content (AvgIpc) is 3.22. The first-order valence-corrected chi connectivity index (χ1v) is 23.9. The second-order valence-electron chi connectivity index (χ2n) is 17.8. The van der Waals surface area contributed by atoms with Crippen molar-refractivity contribution in [2.75, 3.05) is 19.8 Å². The average molecular weight is 845 g/mol. The highest BCUT2D eigenvalue weighted by Crippen LogP contribution is 2.32. The molecule has 2 aliphatic heterocycles. The third-order valence-corrected chi connectivity index (χ3v) is 12.2. The number of rotatable bonds is 36. The number of carbonyl (C=O) groups is 1. The van der Waals surface area contributed by atoms with Crippen molar-refractivity contribution in [2.45, 2.75) is 249 Å². The lowest BCUT2D eigenvalue weighted by molar-refractivity contribution is -0.379. The number of ether oxygens (including phenoxy) is 5. The molecule has 59 heavy (non-hydrogen) atoms. The van der Waals surface area contributed by atoms with Crippen LogP contribution in [-0.4, -0.2) is 118 Å². The molecule has 12 nitrogen and oxygen atoms in total. The molecule has 12 atom stereocenters. The second-order valence-corrected chi connectivity index (χ2v) is 17.8. The molecule has 12 heteroatoms. The first-order chi connectivity index (χ1) is 28.6. The van der Waals surface area contributed by atoms with Gasteiger partial charge in [-0.2, -0.15) is 0 Å². The van der Waals surface area contributed by atoms with Crippen LogP contribution in [0.25, 0.3) is 0 Å². The Balaban J connectivity index is 1.93. The highest BCUT2D eigenvalue weighted by Gasteiger charge is 2.52. The van der Waals surface area contributed by atoms with Gasteiger partial charge in [-0.3, -0.25) is 4.79 Å². The maximum Gasteiger partial charge on any atom is 0.306 e. The Morgan fingerprint density at radius 1 is 0.610 bits per heavy atom. The van der Waals surface area contributed by atoms with Gasteiger partial charge >= 0.3 is 5.97 Å². The van der Waals surface area contributed by atoms with Crippen molar-refractivity contribution >= 4 is 5.97 Å². The molecule has 348 valence electrons. The van der Waals surface area contributed by atoms with E-state index in [4.69, 9.17) is 23.7 Å². The van der Waals surface area contributed by atoms with Gasteiger partial charge in [0, 0.05) is 13.0 Å². The summed E-state index contributed by atoms with van der Waals surface area (Å²) in [6.45, 7) is 9.34. The van der Waals surface area contributed by atoms with Crippen LogP contribution >= 0.6 is 0 Å². The largest absolute Gasteiger partial charge is 0.454 e. The molecule has 0 aromatic rings. The number of allylic oxidation sites excluding steroid dienone is 1. The van der Waals surface area contributed by atoms with Crippen LogP contribution in [-0.2, 0) is 28.5 Å². The molecular weight excluding hydrogens is 757 g/mol. The number of unbranched alkanes of at least 4 members (excludes halogenated alkanes) is 21. The van der Waals surface area contributed by atoms with Gasteiger partial charge in [-0.25, -0.2) is 0 Å². The molecule has 2 heterocycles. The summed E-state index contributed by atoms with van der Waals surface area (Å²) >= 11 is 0. The van der Waals surface area contributed by atoms with Gasteiger partial charge in [0.05, 0.1) is 13.2 Å². The van der Waals surface area contributed by atoms with Crippen LogP contribution in [0.4, 0.5) is 0 Å². The van der Waals surface area contributed by atoms with Crippen LogP contribution < -0.4 is 0 Å². The molecule has 0 aromatic heterocycles. The minimum absolute atomic E-state index is 0.112. The van der Waals surface area contributed by atoms with Crippen molar-refractivity contribution < 1.29 is 59.1 Å². The lowest BCUT2D eigenvalue weighted by atomic mass is 9.92. The summed E-state index contributed by atoms with van der Waals surface area (Å²) in [5.41, 5.74) is 0. The fourth-order valence-corrected chi connectivity index (χ4v) is 8.44. The van der Waals surface area contributed by atoms with Crippen LogP contribution in [0.2, 0.25) is 0 Å². The summed E-state index contributed by atoms with van der Waals surface area (Å²) in [4.78, 5) is 13.3. The predicted molar refractivity (Wildman–Crippen MR) is 230 cm³/mol. The summed E-state index contributed by atoms with van der Waals surface area (Å²) in [6.07, 6.45) is 17.6. The van der Waals surface area contributed by atoms with Crippen molar-refractivity contribution in [3.8, 4) is 0 Å².